The molecule has 8 nitrogen and oxygen atoms in total. The molecule has 1 N–H and O–H groups in total. The van der Waals surface area contributed by atoms with E-state index in [1.165, 1.54) is 12.3 Å². The Morgan fingerprint density at radius 1 is 1.29 bits per heavy atom. The molecule has 146 valence electrons. The van der Waals surface area contributed by atoms with Gasteiger partial charge in [-0.25, -0.2) is 4.79 Å². The van der Waals surface area contributed by atoms with E-state index < -0.39 is 18.2 Å². The van der Waals surface area contributed by atoms with Crippen LogP contribution in [-0.2, 0) is 17.5 Å². The second-order valence-electron chi connectivity index (χ2n) is 5.75. The zero-order valence-electron chi connectivity index (χ0n) is 14.7. The number of rotatable bonds is 4. The summed E-state index contributed by atoms with van der Waals surface area (Å²) in [5, 5.41) is 5.79. The third-order valence-electron chi connectivity index (χ3n) is 3.72. The van der Waals surface area contributed by atoms with Crippen LogP contribution in [0.25, 0.3) is 11.5 Å². The molecular weight excluding hydrogens is 379 g/mol. The van der Waals surface area contributed by atoms with Crippen LogP contribution in [0.15, 0.2) is 35.1 Å². The number of hydrogen-bond acceptors (Lipinski definition) is 7. The van der Waals surface area contributed by atoms with Crippen LogP contribution in [0.2, 0.25) is 0 Å². The highest BCUT2D eigenvalue weighted by molar-refractivity contribution is 5.85. The number of carbonyl (C=O) groups excluding carboxylic acids is 1. The van der Waals surface area contributed by atoms with E-state index >= 15 is 0 Å². The third kappa shape index (κ3) is 4.42. The highest BCUT2D eigenvalue weighted by Crippen LogP contribution is 2.29. The first-order valence-corrected chi connectivity index (χ1v) is 7.96. The van der Waals surface area contributed by atoms with Crippen LogP contribution < -0.4 is 5.32 Å². The summed E-state index contributed by atoms with van der Waals surface area (Å²) >= 11 is 0. The molecule has 1 amide bonds. The Bertz CT molecular complexity index is 1000. The van der Waals surface area contributed by atoms with Crippen molar-refractivity contribution in [2.45, 2.75) is 26.6 Å². The minimum absolute atomic E-state index is 0.0408. The summed E-state index contributed by atoms with van der Waals surface area (Å²) in [6, 6.07) is 4.95. The lowest BCUT2D eigenvalue weighted by atomic mass is 10.2. The van der Waals surface area contributed by atoms with Crippen LogP contribution in [-0.4, -0.2) is 26.2 Å². The standard InChI is InChI=1S/C17H14F3N5O3/c1-9-6-12(14-24-15(28-25-14)17(18,19)20)22-7-13(9)23-16(26)27-8-11-4-3-5-21-10(11)2/h3-7H,8H2,1-2H3,(H,23,26). The fraction of sp³-hybridized carbons (Fsp3) is 0.235. The molecule has 0 atom stereocenters. The van der Waals surface area contributed by atoms with Gasteiger partial charge in [0, 0.05) is 17.5 Å². The van der Waals surface area contributed by atoms with Crippen molar-refractivity contribution in [3.63, 3.8) is 0 Å². The highest BCUT2D eigenvalue weighted by Gasteiger charge is 2.38. The molecule has 0 saturated heterocycles. The lowest BCUT2D eigenvalue weighted by molar-refractivity contribution is -0.159. The van der Waals surface area contributed by atoms with Crippen molar-refractivity contribution in [1.29, 1.82) is 0 Å². The summed E-state index contributed by atoms with van der Waals surface area (Å²) in [5.74, 6) is -1.77. The van der Waals surface area contributed by atoms with Crippen molar-refractivity contribution in [1.82, 2.24) is 20.1 Å². The Morgan fingerprint density at radius 3 is 2.71 bits per heavy atom. The Hall–Kier alpha value is -3.50. The van der Waals surface area contributed by atoms with Crippen molar-refractivity contribution < 1.29 is 27.2 Å². The Morgan fingerprint density at radius 2 is 2.07 bits per heavy atom. The number of pyridine rings is 2. The van der Waals surface area contributed by atoms with Gasteiger partial charge in [0.05, 0.1) is 11.9 Å². The number of carbonyl (C=O) groups is 1. The fourth-order valence-corrected chi connectivity index (χ4v) is 2.21. The van der Waals surface area contributed by atoms with Crippen molar-refractivity contribution in [3.8, 4) is 11.5 Å². The van der Waals surface area contributed by atoms with Crippen LogP contribution in [0.1, 0.15) is 22.7 Å². The Labute approximate surface area is 156 Å². The average molecular weight is 393 g/mol. The minimum Gasteiger partial charge on any atom is -0.444 e. The molecule has 0 aliphatic heterocycles. The molecular formula is C17H14F3N5O3. The predicted octanol–water partition coefficient (Wildman–Crippen LogP) is 3.91. The maximum Gasteiger partial charge on any atom is 0.471 e. The van der Waals surface area contributed by atoms with E-state index in [9.17, 15) is 18.0 Å². The molecule has 0 aliphatic carbocycles. The zero-order valence-corrected chi connectivity index (χ0v) is 14.7. The lowest BCUT2D eigenvalue weighted by Gasteiger charge is -2.10. The Balaban J connectivity index is 1.66. The van der Waals surface area contributed by atoms with Gasteiger partial charge in [-0.15, -0.1) is 0 Å². The zero-order chi connectivity index (χ0) is 20.3. The van der Waals surface area contributed by atoms with Gasteiger partial charge in [0.15, 0.2) is 0 Å². The first-order valence-electron chi connectivity index (χ1n) is 7.96. The third-order valence-corrected chi connectivity index (χ3v) is 3.72. The topological polar surface area (TPSA) is 103 Å². The van der Waals surface area contributed by atoms with Crippen LogP contribution in [0, 0.1) is 13.8 Å². The van der Waals surface area contributed by atoms with Gasteiger partial charge in [0.2, 0.25) is 5.82 Å². The van der Waals surface area contributed by atoms with Crippen LogP contribution >= 0.6 is 0 Å². The molecule has 28 heavy (non-hydrogen) atoms. The number of aromatic nitrogens is 4. The van der Waals surface area contributed by atoms with Gasteiger partial charge in [-0.2, -0.15) is 18.2 Å². The summed E-state index contributed by atoms with van der Waals surface area (Å²) in [7, 11) is 0. The summed E-state index contributed by atoms with van der Waals surface area (Å²) in [4.78, 5) is 23.3. The van der Waals surface area contributed by atoms with Gasteiger partial charge in [-0.05, 0) is 31.5 Å². The first-order chi connectivity index (χ1) is 13.2. The van der Waals surface area contributed by atoms with Crippen LogP contribution in [0.5, 0.6) is 0 Å². The van der Waals surface area contributed by atoms with E-state index in [2.05, 4.69) is 29.9 Å². The Kier molecular flexibility index (Phi) is 5.25. The number of nitrogens with one attached hydrogen (secondary N) is 1. The molecule has 3 aromatic rings. The second kappa shape index (κ2) is 7.62. The van der Waals surface area contributed by atoms with Crippen molar-refractivity contribution in [2.24, 2.45) is 0 Å². The van der Waals surface area contributed by atoms with Crippen LogP contribution in [0.3, 0.4) is 0 Å². The number of nitrogens with zero attached hydrogens (tertiary/aromatic N) is 4. The molecule has 0 aliphatic rings. The number of halogens is 3. The van der Waals surface area contributed by atoms with E-state index in [4.69, 9.17) is 4.74 Å². The highest BCUT2D eigenvalue weighted by atomic mass is 19.4. The molecule has 0 spiro atoms. The number of aryl methyl sites for hydroxylation is 2. The largest absolute Gasteiger partial charge is 0.471 e. The van der Waals surface area contributed by atoms with Gasteiger partial charge in [-0.1, -0.05) is 11.2 Å². The molecule has 0 bridgehead atoms. The summed E-state index contributed by atoms with van der Waals surface area (Å²) in [6.07, 6.45) is -2.54. The summed E-state index contributed by atoms with van der Waals surface area (Å²) in [6.45, 7) is 3.47. The number of amides is 1. The predicted molar refractivity (Wildman–Crippen MR) is 90.0 cm³/mol. The number of ether oxygens (including phenoxy) is 1. The number of alkyl halides is 3. The number of anilines is 1. The molecule has 0 radical (unpaired) electrons. The quantitative estimate of drug-likeness (QED) is 0.717. The SMILES string of the molecule is Cc1cc(-c2noc(C(F)(F)F)n2)ncc1NC(=O)OCc1cccnc1C. The van der Waals surface area contributed by atoms with E-state index in [0.717, 1.165) is 11.3 Å². The van der Waals surface area contributed by atoms with Crippen LogP contribution in [0.4, 0.5) is 23.7 Å². The van der Waals surface area contributed by atoms with Crippen molar-refractivity contribution in [3.05, 3.63) is 53.3 Å². The van der Waals surface area contributed by atoms with Gasteiger partial charge in [0.25, 0.3) is 0 Å². The molecule has 3 heterocycles. The van der Waals surface area contributed by atoms with Gasteiger partial charge in [0.1, 0.15) is 12.3 Å². The van der Waals surface area contributed by atoms with Gasteiger partial charge in [-0.3, -0.25) is 15.3 Å². The summed E-state index contributed by atoms with van der Waals surface area (Å²) < 4.78 is 46.9. The monoisotopic (exact) mass is 393 g/mol. The summed E-state index contributed by atoms with van der Waals surface area (Å²) in [5.41, 5.74) is 2.44. The average Bonchev–Trinajstić information content (AvgIpc) is 3.13. The molecule has 3 rings (SSSR count). The molecule has 3 aromatic heterocycles. The van der Waals surface area contributed by atoms with E-state index in [1.54, 1.807) is 32.2 Å². The molecule has 0 saturated carbocycles. The normalized spacial score (nSPS) is 11.3. The fourth-order valence-electron chi connectivity index (χ4n) is 2.21. The van der Waals surface area contributed by atoms with Crippen molar-refractivity contribution in [2.75, 3.05) is 5.32 Å². The van der Waals surface area contributed by atoms with E-state index in [1.807, 2.05) is 0 Å². The smallest absolute Gasteiger partial charge is 0.444 e. The molecule has 11 heteroatoms. The van der Waals surface area contributed by atoms with E-state index in [-0.39, 0.29) is 18.1 Å². The maximum absolute atomic E-state index is 12.5. The molecule has 0 fully saturated rings. The molecule has 0 aromatic carbocycles. The first kappa shape index (κ1) is 19.3. The second-order valence-corrected chi connectivity index (χ2v) is 5.75. The lowest BCUT2D eigenvalue weighted by Crippen LogP contribution is -2.15. The van der Waals surface area contributed by atoms with Gasteiger partial charge >= 0.3 is 18.2 Å². The molecule has 0 unspecified atom stereocenters. The maximum atomic E-state index is 12.5. The number of hydrogen-bond donors (Lipinski definition) is 1. The van der Waals surface area contributed by atoms with Crippen molar-refractivity contribution >= 4 is 11.8 Å². The minimum atomic E-state index is -4.74. The van der Waals surface area contributed by atoms with Gasteiger partial charge < -0.3 is 9.26 Å². The van der Waals surface area contributed by atoms with E-state index in [0.29, 0.717) is 11.3 Å².